The molecule has 0 atom stereocenters. The smallest absolute Gasteiger partial charge is 0.164 e. The molecular formula is C52H58N8S8. The third-order valence-corrected chi connectivity index (χ3v) is 17.6. The first-order chi connectivity index (χ1) is 33.5. The van der Waals surface area contributed by atoms with E-state index in [0.29, 0.717) is 45.9 Å². The molecule has 0 fully saturated rings. The van der Waals surface area contributed by atoms with E-state index in [0.717, 1.165) is 141 Å². The molecule has 0 aliphatic carbocycles. The number of aromatic amines is 2. The SMILES string of the molecule is SCCCCCSc1ccc2c(c1)-c1nc-2nc2[nH]c(nc3nc(nc4[nH]c(n1)c1ccc(SCCCCCS)cc41)-c1ccc(SCCCCCS)cc1-3)c1ccc(SCCCCCS)cc21. The number of nitrogens with zero attached hydrogens (tertiary/aromatic N) is 6. The van der Waals surface area contributed by atoms with Crippen LogP contribution < -0.4 is 0 Å². The molecule has 5 heterocycles. The maximum Gasteiger partial charge on any atom is 0.164 e. The van der Waals surface area contributed by atoms with Crippen LogP contribution in [0.4, 0.5) is 0 Å². The third-order valence-electron chi connectivity index (χ3n) is 12.0. The van der Waals surface area contributed by atoms with Gasteiger partial charge in [0.2, 0.25) is 0 Å². The Balaban J connectivity index is 1.25. The molecule has 0 saturated heterocycles. The fourth-order valence-electron chi connectivity index (χ4n) is 8.39. The number of nitrogens with one attached hydrogen (secondary N) is 2. The second-order valence-corrected chi connectivity index (χ2v) is 23.4. The Morgan fingerprint density at radius 2 is 0.618 bits per heavy atom. The number of unbranched alkanes of at least 4 members (excludes halogenated alkanes) is 8. The second kappa shape index (κ2) is 24.9. The molecular weight excluding hydrogens is 993 g/mol. The Morgan fingerprint density at radius 3 is 0.971 bits per heavy atom. The molecule has 7 aromatic rings. The quantitative estimate of drug-likeness (QED) is 0.0199. The topological polar surface area (TPSA) is 109 Å². The first-order valence-electron chi connectivity index (χ1n) is 23.9. The molecule has 68 heavy (non-hydrogen) atoms. The van der Waals surface area contributed by atoms with Crippen molar-refractivity contribution in [2.45, 2.75) is 96.6 Å². The number of benzene rings is 4. The zero-order chi connectivity index (χ0) is 46.7. The van der Waals surface area contributed by atoms with Gasteiger partial charge in [-0.25, -0.2) is 29.9 Å². The highest BCUT2D eigenvalue weighted by Crippen LogP contribution is 2.41. The van der Waals surface area contributed by atoms with Gasteiger partial charge in [0.15, 0.2) is 23.3 Å². The number of thioether (sulfide) groups is 4. The van der Waals surface area contributed by atoms with Gasteiger partial charge in [-0.3, -0.25) is 0 Å². The highest BCUT2D eigenvalue weighted by Gasteiger charge is 2.24. The molecule has 0 saturated carbocycles. The zero-order valence-electron chi connectivity index (χ0n) is 38.2. The van der Waals surface area contributed by atoms with Crippen molar-refractivity contribution < 1.29 is 0 Å². The van der Waals surface area contributed by atoms with E-state index in [2.05, 4.69) is 133 Å². The summed E-state index contributed by atoms with van der Waals surface area (Å²) in [5.41, 5.74) is 6.64. The number of thiol groups is 4. The van der Waals surface area contributed by atoms with Gasteiger partial charge in [0.25, 0.3) is 0 Å². The molecule has 8 nitrogen and oxygen atoms in total. The van der Waals surface area contributed by atoms with Crippen molar-refractivity contribution in [3.63, 3.8) is 0 Å². The summed E-state index contributed by atoms with van der Waals surface area (Å²) >= 11 is 25.2. The lowest BCUT2D eigenvalue weighted by atomic mass is 10.1. The van der Waals surface area contributed by atoms with Gasteiger partial charge in [-0.15, -0.1) is 47.0 Å². The van der Waals surface area contributed by atoms with Crippen molar-refractivity contribution in [3.05, 3.63) is 72.8 Å². The lowest BCUT2D eigenvalue weighted by Crippen LogP contribution is -1.86. The van der Waals surface area contributed by atoms with Crippen molar-refractivity contribution in [1.82, 2.24) is 39.9 Å². The molecule has 4 aromatic carbocycles. The van der Waals surface area contributed by atoms with Crippen molar-refractivity contribution in [1.29, 1.82) is 0 Å². The summed E-state index contributed by atoms with van der Waals surface area (Å²) in [6, 6.07) is 26.5. The van der Waals surface area contributed by atoms with Gasteiger partial charge < -0.3 is 9.97 Å². The van der Waals surface area contributed by atoms with Crippen LogP contribution in [0.1, 0.15) is 77.0 Å². The predicted octanol–water partition coefficient (Wildman–Crippen LogP) is 15.6. The molecule has 3 aromatic heterocycles. The van der Waals surface area contributed by atoms with E-state index >= 15 is 0 Å². The van der Waals surface area contributed by atoms with Crippen LogP contribution in [0.5, 0.6) is 0 Å². The van der Waals surface area contributed by atoms with E-state index in [-0.39, 0.29) is 0 Å². The van der Waals surface area contributed by atoms with E-state index in [1.165, 1.54) is 45.3 Å². The van der Waals surface area contributed by atoms with Gasteiger partial charge in [0, 0.05) is 63.4 Å². The second-order valence-electron chi connectivity index (χ2n) is 17.0. The summed E-state index contributed by atoms with van der Waals surface area (Å²) in [6.07, 6.45) is 13.8. The van der Waals surface area contributed by atoms with Crippen LogP contribution in [-0.4, -0.2) is 85.9 Å². The summed E-state index contributed by atoms with van der Waals surface area (Å²) in [7, 11) is 0. The maximum atomic E-state index is 5.38. The molecule has 0 spiro atoms. The van der Waals surface area contributed by atoms with E-state index in [4.69, 9.17) is 29.9 Å². The summed E-state index contributed by atoms with van der Waals surface area (Å²) in [5, 5.41) is 3.93. The highest BCUT2D eigenvalue weighted by atomic mass is 32.2. The van der Waals surface area contributed by atoms with Gasteiger partial charge in [-0.1, -0.05) is 25.7 Å². The van der Waals surface area contributed by atoms with Crippen molar-refractivity contribution in [2.75, 3.05) is 46.0 Å². The number of fused-ring (bicyclic) bond motifs is 20. The van der Waals surface area contributed by atoms with E-state index in [1.54, 1.807) is 0 Å². The summed E-state index contributed by atoms with van der Waals surface area (Å²) in [5.74, 6) is 10.3. The number of aromatic nitrogens is 8. The maximum absolute atomic E-state index is 5.38. The molecule has 2 aliphatic rings. The number of hydrogen-bond acceptors (Lipinski definition) is 14. The Kier molecular flexibility index (Phi) is 18.3. The molecule has 2 aliphatic heterocycles. The van der Waals surface area contributed by atoms with Crippen LogP contribution in [0, 0.1) is 0 Å². The fourth-order valence-corrected chi connectivity index (χ4v) is 13.1. The van der Waals surface area contributed by atoms with Gasteiger partial charge in [-0.05, 0) is 170 Å². The van der Waals surface area contributed by atoms with E-state index in [9.17, 15) is 0 Å². The fraction of sp³-hybridized carbons (Fsp3) is 0.385. The van der Waals surface area contributed by atoms with Crippen LogP contribution in [0.25, 0.3) is 89.7 Å². The Morgan fingerprint density at radius 1 is 0.309 bits per heavy atom. The minimum absolute atomic E-state index is 0.614. The summed E-state index contributed by atoms with van der Waals surface area (Å²) < 4.78 is 0. The molecule has 2 N–H and O–H groups in total. The van der Waals surface area contributed by atoms with Gasteiger partial charge in [0.05, 0.1) is 0 Å². The van der Waals surface area contributed by atoms with Crippen molar-refractivity contribution in [2.24, 2.45) is 0 Å². The Hall–Kier alpha value is -2.96. The highest BCUT2D eigenvalue weighted by molar-refractivity contribution is 8.00. The van der Waals surface area contributed by atoms with Gasteiger partial charge in [0.1, 0.15) is 22.6 Å². The number of rotatable bonds is 24. The monoisotopic (exact) mass is 1050 g/mol. The van der Waals surface area contributed by atoms with E-state index in [1.807, 2.05) is 47.0 Å². The van der Waals surface area contributed by atoms with Crippen LogP contribution in [0.3, 0.4) is 0 Å². The Bertz CT molecular complexity index is 2820. The van der Waals surface area contributed by atoms with Crippen molar-refractivity contribution in [3.8, 4) is 45.6 Å². The minimum atomic E-state index is 0.614. The lowest BCUT2D eigenvalue weighted by molar-refractivity contribution is 0.787. The molecule has 0 unspecified atom stereocenters. The predicted molar refractivity (Wildman–Crippen MR) is 310 cm³/mol. The molecule has 354 valence electrons. The van der Waals surface area contributed by atoms with Crippen LogP contribution >= 0.6 is 97.6 Å². The largest absolute Gasteiger partial charge is 0.324 e. The molecule has 9 rings (SSSR count). The van der Waals surface area contributed by atoms with Crippen LogP contribution in [-0.2, 0) is 0 Å². The van der Waals surface area contributed by atoms with E-state index < -0.39 is 0 Å². The average molecular weight is 1050 g/mol. The first kappa shape index (κ1) is 50.0. The number of H-pyrrole nitrogens is 2. The van der Waals surface area contributed by atoms with Gasteiger partial charge in [-0.2, -0.15) is 50.5 Å². The normalized spacial score (nSPS) is 12.1. The number of hydrogen-bond donors (Lipinski definition) is 6. The standard InChI is InChI=1S/C52H58N8S8/c61-21-5-1-9-25-65-33-13-17-37-41(29-33)49-53-45(37)58-50-43-31-35(67-27-11-3-7-23-63)15-19-39(43)47(55-50)60-52-44-32-36(68-28-12-4-8-24-64)16-20-40(44)48(56-52)59-51-42-30-34(66-26-10-2-6-22-62)14-18-38(42)46(54-51)57-49/h13-20,29-32,61-64H,1-12,21-28H2,(H2,53,54,55,56,57,58,59,60). The van der Waals surface area contributed by atoms with Crippen LogP contribution in [0.2, 0.25) is 0 Å². The Labute approximate surface area is 438 Å². The van der Waals surface area contributed by atoms with Gasteiger partial charge >= 0.3 is 0 Å². The summed E-state index contributed by atoms with van der Waals surface area (Å²) in [4.78, 5) is 44.2. The summed E-state index contributed by atoms with van der Waals surface area (Å²) in [6.45, 7) is 0. The molecule has 8 bridgehead atoms. The van der Waals surface area contributed by atoms with Crippen LogP contribution in [0.15, 0.2) is 92.4 Å². The molecule has 16 heteroatoms. The molecule has 0 radical (unpaired) electrons. The third kappa shape index (κ3) is 12.2. The lowest BCUT2D eigenvalue weighted by Gasteiger charge is -2.05. The zero-order valence-corrected chi connectivity index (χ0v) is 45.0. The van der Waals surface area contributed by atoms with Crippen molar-refractivity contribution >= 4 is 142 Å². The average Bonchev–Trinajstić information content (AvgIpc) is 4.08. The first-order valence-corrected chi connectivity index (χ1v) is 30.3. The molecule has 0 amide bonds. The minimum Gasteiger partial charge on any atom is -0.324 e.